The van der Waals surface area contributed by atoms with Gasteiger partial charge in [0.15, 0.2) is 0 Å². The van der Waals surface area contributed by atoms with Gasteiger partial charge in [0.2, 0.25) is 6.08 Å². The molecule has 4 nitrogen and oxygen atoms in total. The molecule has 0 aromatic heterocycles. The van der Waals surface area contributed by atoms with E-state index in [2.05, 4.69) is 4.99 Å². The second-order valence-corrected chi connectivity index (χ2v) is 3.90. The van der Waals surface area contributed by atoms with Crippen LogP contribution >= 0.6 is 0 Å². The van der Waals surface area contributed by atoms with Crippen molar-refractivity contribution in [1.82, 2.24) is 0 Å². The molecule has 1 saturated carbocycles. The molecule has 1 aliphatic rings. The number of hydrogen-bond donors (Lipinski definition) is 0. The van der Waals surface area contributed by atoms with Gasteiger partial charge in [-0.25, -0.2) is 9.79 Å². The molecular weight excluding hydrogens is 194 g/mol. The fraction of sp³-hybridized carbons (Fsp3) is 0.818. The molecule has 0 aliphatic heterocycles. The molecule has 0 N–H and O–H groups in total. The van der Waals surface area contributed by atoms with Crippen molar-refractivity contribution in [2.45, 2.75) is 32.6 Å². The van der Waals surface area contributed by atoms with Gasteiger partial charge in [-0.1, -0.05) is 0 Å². The maximum absolute atomic E-state index is 11.4. The predicted octanol–water partition coefficient (Wildman–Crippen LogP) is 1.69. The summed E-state index contributed by atoms with van der Waals surface area (Å²) in [7, 11) is 0. The Bertz CT molecular complexity index is 251. The molecule has 0 saturated heterocycles. The summed E-state index contributed by atoms with van der Waals surface area (Å²) in [6.45, 7) is 2.83. The lowest BCUT2D eigenvalue weighted by Crippen LogP contribution is -2.24. The van der Waals surface area contributed by atoms with Crippen molar-refractivity contribution < 1.29 is 14.3 Å². The summed E-state index contributed by atoms with van der Waals surface area (Å²) < 4.78 is 4.97. The lowest BCUT2D eigenvalue weighted by molar-refractivity contribution is -0.149. The fourth-order valence-electron chi connectivity index (χ4n) is 2.01. The third kappa shape index (κ3) is 3.84. The van der Waals surface area contributed by atoms with Gasteiger partial charge in [0.25, 0.3) is 0 Å². The van der Waals surface area contributed by atoms with E-state index in [0.717, 1.165) is 25.7 Å². The van der Waals surface area contributed by atoms with Crippen molar-refractivity contribution >= 4 is 12.0 Å². The molecular formula is C11H17NO3. The summed E-state index contributed by atoms with van der Waals surface area (Å²) in [4.78, 5) is 24.9. The first-order valence-electron chi connectivity index (χ1n) is 5.48. The van der Waals surface area contributed by atoms with Crippen LogP contribution in [-0.4, -0.2) is 25.2 Å². The molecule has 0 spiro atoms. The van der Waals surface area contributed by atoms with Crippen molar-refractivity contribution in [3.05, 3.63) is 0 Å². The Kier molecular flexibility index (Phi) is 5.05. The van der Waals surface area contributed by atoms with E-state index >= 15 is 0 Å². The summed E-state index contributed by atoms with van der Waals surface area (Å²) in [6, 6.07) is 0. The molecule has 0 bridgehead atoms. The standard InChI is InChI=1S/C11H17NO3/c1-2-15-11(14)10-5-3-9(4-6-10)7-12-8-13/h9-10H,2-7H2,1H3. The zero-order valence-electron chi connectivity index (χ0n) is 9.07. The highest BCUT2D eigenvalue weighted by Crippen LogP contribution is 2.29. The monoisotopic (exact) mass is 211 g/mol. The van der Waals surface area contributed by atoms with Crippen LogP contribution in [0.1, 0.15) is 32.6 Å². The first-order chi connectivity index (χ1) is 7.27. The van der Waals surface area contributed by atoms with Crippen molar-refractivity contribution in [3.63, 3.8) is 0 Å². The Balaban J connectivity index is 2.28. The molecule has 1 aliphatic carbocycles. The van der Waals surface area contributed by atoms with Crippen LogP contribution in [0.3, 0.4) is 0 Å². The number of nitrogens with zero attached hydrogens (tertiary/aromatic N) is 1. The molecule has 1 rings (SSSR count). The van der Waals surface area contributed by atoms with Gasteiger partial charge < -0.3 is 4.74 Å². The van der Waals surface area contributed by atoms with E-state index in [1.54, 1.807) is 6.08 Å². The highest BCUT2D eigenvalue weighted by atomic mass is 16.5. The molecule has 1 fully saturated rings. The molecule has 0 radical (unpaired) electrons. The largest absolute Gasteiger partial charge is 0.466 e. The topological polar surface area (TPSA) is 55.7 Å². The Morgan fingerprint density at radius 3 is 2.60 bits per heavy atom. The van der Waals surface area contributed by atoms with Gasteiger partial charge in [-0.2, -0.15) is 0 Å². The third-order valence-electron chi connectivity index (χ3n) is 2.88. The van der Waals surface area contributed by atoms with Crippen molar-refractivity contribution in [2.24, 2.45) is 16.8 Å². The second-order valence-electron chi connectivity index (χ2n) is 3.90. The number of rotatable bonds is 4. The molecule has 84 valence electrons. The molecule has 4 heteroatoms. The smallest absolute Gasteiger partial charge is 0.308 e. The number of carbonyl (C=O) groups is 1. The van der Waals surface area contributed by atoms with Gasteiger partial charge >= 0.3 is 5.97 Å². The quantitative estimate of drug-likeness (QED) is 0.404. The minimum absolute atomic E-state index is 0.0569. The van der Waals surface area contributed by atoms with Crippen LogP contribution in [-0.2, 0) is 14.3 Å². The lowest BCUT2D eigenvalue weighted by Gasteiger charge is -2.25. The van der Waals surface area contributed by atoms with Crippen molar-refractivity contribution in [3.8, 4) is 0 Å². The minimum atomic E-state index is -0.0742. The maximum Gasteiger partial charge on any atom is 0.308 e. The van der Waals surface area contributed by atoms with E-state index in [9.17, 15) is 9.59 Å². The van der Waals surface area contributed by atoms with Crippen molar-refractivity contribution in [2.75, 3.05) is 13.2 Å². The highest BCUT2D eigenvalue weighted by molar-refractivity contribution is 5.72. The van der Waals surface area contributed by atoms with E-state index in [0.29, 0.717) is 19.1 Å². The summed E-state index contributed by atoms with van der Waals surface area (Å²) in [5.41, 5.74) is 0. The van der Waals surface area contributed by atoms with E-state index in [-0.39, 0.29) is 11.9 Å². The average Bonchev–Trinajstić information content (AvgIpc) is 2.27. The third-order valence-corrected chi connectivity index (χ3v) is 2.88. The average molecular weight is 211 g/mol. The molecule has 0 unspecified atom stereocenters. The van der Waals surface area contributed by atoms with Gasteiger partial charge in [0.05, 0.1) is 19.1 Å². The van der Waals surface area contributed by atoms with Crippen molar-refractivity contribution in [1.29, 1.82) is 0 Å². The number of aliphatic imine (C=N–C) groups is 1. The van der Waals surface area contributed by atoms with Crippen LogP contribution in [0, 0.1) is 11.8 Å². The first-order valence-corrected chi connectivity index (χ1v) is 5.48. The van der Waals surface area contributed by atoms with Gasteiger partial charge in [0, 0.05) is 0 Å². The Morgan fingerprint density at radius 1 is 1.40 bits per heavy atom. The number of isocyanates is 1. The second kappa shape index (κ2) is 6.36. The van der Waals surface area contributed by atoms with Crippen LogP contribution in [0.5, 0.6) is 0 Å². The minimum Gasteiger partial charge on any atom is -0.466 e. The van der Waals surface area contributed by atoms with Gasteiger partial charge in [-0.15, -0.1) is 0 Å². The van der Waals surface area contributed by atoms with Crippen LogP contribution in [0.2, 0.25) is 0 Å². The van der Waals surface area contributed by atoms with Crippen LogP contribution in [0.15, 0.2) is 4.99 Å². The molecule has 15 heavy (non-hydrogen) atoms. The molecule has 0 aromatic rings. The van der Waals surface area contributed by atoms with E-state index in [4.69, 9.17) is 4.74 Å². The molecule has 0 amide bonds. The SMILES string of the molecule is CCOC(=O)C1CCC(CN=C=O)CC1. The molecule has 0 heterocycles. The number of esters is 1. The van der Waals surface area contributed by atoms with Gasteiger partial charge in [-0.3, -0.25) is 4.79 Å². The van der Waals surface area contributed by atoms with E-state index in [1.165, 1.54) is 0 Å². The number of hydrogen-bond acceptors (Lipinski definition) is 4. The first kappa shape index (κ1) is 11.9. The van der Waals surface area contributed by atoms with E-state index < -0.39 is 0 Å². The summed E-state index contributed by atoms with van der Waals surface area (Å²) in [5.74, 6) is 0.424. The lowest BCUT2D eigenvalue weighted by atomic mass is 9.82. The number of ether oxygens (including phenoxy) is 1. The Labute approximate surface area is 89.7 Å². The van der Waals surface area contributed by atoms with E-state index in [1.807, 2.05) is 6.92 Å². The molecule has 0 atom stereocenters. The summed E-state index contributed by atoms with van der Waals surface area (Å²) in [5, 5.41) is 0. The zero-order valence-corrected chi connectivity index (χ0v) is 9.07. The number of carbonyl (C=O) groups excluding carboxylic acids is 2. The van der Waals surface area contributed by atoms with Gasteiger partial charge in [0.1, 0.15) is 0 Å². The maximum atomic E-state index is 11.4. The fourth-order valence-corrected chi connectivity index (χ4v) is 2.01. The van der Waals surface area contributed by atoms with Crippen LogP contribution in [0.4, 0.5) is 0 Å². The summed E-state index contributed by atoms with van der Waals surface area (Å²) >= 11 is 0. The predicted molar refractivity (Wildman–Crippen MR) is 55.1 cm³/mol. The van der Waals surface area contributed by atoms with Gasteiger partial charge in [-0.05, 0) is 38.5 Å². The van der Waals surface area contributed by atoms with Crippen LogP contribution < -0.4 is 0 Å². The summed E-state index contributed by atoms with van der Waals surface area (Å²) in [6.07, 6.45) is 5.18. The molecule has 0 aromatic carbocycles. The normalized spacial score (nSPS) is 25.4. The van der Waals surface area contributed by atoms with Crippen LogP contribution in [0.25, 0.3) is 0 Å². The Morgan fingerprint density at radius 2 is 2.07 bits per heavy atom. The highest BCUT2D eigenvalue weighted by Gasteiger charge is 2.26. The Hall–Kier alpha value is -1.15. The zero-order chi connectivity index (χ0) is 11.1.